The molecule has 0 atom stereocenters. The summed E-state index contributed by atoms with van der Waals surface area (Å²) in [6.07, 6.45) is 1.19. The van der Waals surface area contributed by atoms with Crippen LogP contribution in [0.25, 0.3) is 0 Å². The molecular formula is C9H21N3W. The van der Waals surface area contributed by atoms with Crippen molar-refractivity contribution in [3.05, 3.63) is 0 Å². The van der Waals surface area contributed by atoms with Gasteiger partial charge in [0, 0.05) is 0 Å². The molecule has 0 aliphatic rings. The van der Waals surface area contributed by atoms with Gasteiger partial charge in [-0.25, -0.2) is 0 Å². The second-order valence-corrected chi connectivity index (χ2v) is 5.38. The van der Waals surface area contributed by atoms with Gasteiger partial charge in [0.25, 0.3) is 0 Å². The van der Waals surface area contributed by atoms with Crippen molar-refractivity contribution < 1.29 is 19.4 Å². The number of rotatable bonds is 7. The van der Waals surface area contributed by atoms with Gasteiger partial charge in [0.2, 0.25) is 0 Å². The summed E-state index contributed by atoms with van der Waals surface area (Å²) in [4.78, 5) is 0. The summed E-state index contributed by atoms with van der Waals surface area (Å²) in [7, 11) is 0. The van der Waals surface area contributed by atoms with Crippen LogP contribution in [0.2, 0.25) is 0 Å². The monoisotopic (exact) mass is 355 g/mol. The molecule has 0 heterocycles. The zero-order chi connectivity index (χ0) is 10.3. The summed E-state index contributed by atoms with van der Waals surface area (Å²) in [6, 6.07) is 0. The van der Waals surface area contributed by atoms with Gasteiger partial charge < -0.3 is 0 Å². The fourth-order valence-electron chi connectivity index (χ4n) is 0.693. The second kappa shape index (κ2) is 6.83. The van der Waals surface area contributed by atoms with Crippen molar-refractivity contribution in [3.8, 4) is 0 Å². The van der Waals surface area contributed by atoms with Gasteiger partial charge in [-0.2, -0.15) is 0 Å². The molecule has 0 unspecified atom stereocenters. The molecule has 4 N–H and O–H groups in total. The Morgan fingerprint density at radius 1 is 1.38 bits per heavy atom. The second-order valence-electron chi connectivity index (χ2n) is 3.92. The first-order valence-electron chi connectivity index (χ1n) is 4.73. The molecule has 0 saturated carbocycles. The average Bonchev–Trinajstić information content (AvgIpc) is 2.11. The summed E-state index contributed by atoms with van der Waals surface area (Å²) in [5.74, 6) is 0. The van der Waals surface area contributed by atoms with Crippen molar-refractivity contribution in [2.75, 3.05) is 19.6 Å². The van der Waals surface area contributed by atoms with E-state index in [4.69, 9.17) is 5.73 Å². The van der Waals surface area contributed by atoms with Gasteiger partial charge in [-0.3, -0.25) is 0 Å². The first-order valence-corrected chi connectivity index (χ1v) is 6.20. The van der Waals surface area contributed by atoms with Crippen LogP contribution in [0, 0.1) is 5.41 Å². The molecule has 0 rings (SSSR count). The van der Waals surface area contributed by atoms with E-state index in [2.05, 4.69) is 31.4 Å². The molecule has 0 radical (unpaired) electrons. The Labute approximate surface area is 92.3 Å². The third-order valence-corrected chi connectivity index (χ3v) is 3.15. The third kappa shape index (κ3) is 7.50. The van der Waals surface area contributed by atoms with E-state index in [1.54, 1.807) is 0 Å². The van der Waals surface area contributed by atoms with E-state index in [1.165, 1.54) is 29.9 Å². The molecule has 0 aromatic carbocycles. The van der Waals surface area contributed by atoms with Crippen LogP contribution in [-0.4, -0.2) is 23.8 Å². The summed E-state index contributed by atoms with van der Waals surface area (Å²) >= 11 is 1.44. The average molecular weight is 355 g/mol. The molecule has 0 aliphatic carbocycles. The molecule has 3 nitrogen and oxygen atoms in total. The molecule has 0 aliphatic heterocycles. The SMILES string of the molecule is CCC(C)(C)CN[C](=[W])NCCN. The standard InChI is InChI=1S/C9H21N3.W/c1-4-9(2,3)7-12-8-11-6-5-10;/h11-12H,4-7,10H2,1-3H3;. The van der Waals surface area contributed by atoms with Gasteiger partial charge in [0.05, 0.1) is 0 Å². The van der Waals surface area contributed by atoms with Gasteiger partial charge in [0.15, 0.2) is 0 Å². The Morgan fingerprint density at radius 2 is 2.00 bits per heavy atom. The van der Waals surface area contributed by atoms with E-state index in [1.807, 2.05) is 0 Å². The fraction of sp³-hybridized carbons (Fsp3) is 0.889. The first kappa shape index (κ1) is 13.4. The number of nitrogens with one attached hydrogen (secondary N) is 2. The van der Waals surface area contributed by atoms with E-state index < -0.39 is 0 Å². The fourth-order valence-corrected chi connectivity index (χ4v) is 1.32. The van der Waals surface area contributed by atoms with Crippen molar-refractivity contribution >= 4 is 4.15 Å². The van der Waals surface area contributed by atoms with Gasteiger partial charge in [-0.1, -0.05) is 0 Å². The van der Waals surface area contributed by atoms with Crippen LogP contribution in [0.5, 0.6) is 0 Å². The predicted octanol–water partition coefficient (Wildman–Crippen LogP) is 0.195. The Bertz CT molecular complexity index is 157. The quantitative estimate of drug-likeness (QED) is 0.612. The van der Waals surface area contributed by atoms with Crippen molar-refractivity contribution in [2.45, 2.75) is 27.2 Å². The normalized spacial score (nSPS) is 11.7. The minimum atomic E-state index is 0.380. The molecule has 0 fully saturated rings. The van der Waals surface area contributed by atoms with Crippen LogP contribution < -0.4 is 16.4 Å². The molecule has 13 heavy (non-hydrogen) atoms. The van der Waals surface area contributed by atoms with Crippen molar-refractivity contribution in [1.29, 1.82) is 0 Å². The summed E-state index contributed by atoms with van der Waals surface area (Å²) < 4.78 is 1.20. The molecule has 4 heteroatoms. The Balaban J connectivity index is 3.57. The third-order valence-electron chi connectivity index (χ3n) is 2.11. The molecule has 0 aromatic heterocycles. The summed E-state index contributed by atoms with van der Waals surface area (Å²) in [5.41, 5.74) is 5.77. The number of nitrogens with two attached hydrogens (primary N) is 1. The van der Waals surface area contributed by atoms with Crippen LogP contribution in [0.1, 0.15) is 27.2 Å². The first-order chi connectivity index (χ1) is 6.02. The maximum absolute atomic E-state index is 5.39. The van der Waals surface area contributed by atoms with E-state index >= 15 is 0 Å². The van der Waals surface area contributed by atoms with Gasteiger partial charge in [0.1, 0.15) is 0 Å². The van der Waals surface area contributed by atoms with E-state index in [0.29, 0.717) is 12.0 Å². The van der Waals surface area contributed by atoms with Gasteiger partial charge >= 0.3 is 92.1 Å². The molecule has 0 spiro atoms. The van der Waals surface area contributed by atoms with Crippen molar-refractivity contribution in [1.82, 2.24) is 10.6 Å². The number of hydrogen-bond acceptors (Lipinski definition) is 3. The topological polar surface area (TPSA) is 50.1 Å². The van der Waals surface area contributed by atoms with Crippen LogP contribution in [0.15, 0.2) is 0 Å². The van der Waals surface area contributed by atoms with Crippen LogP contribution in [0.3, 0.4) is 0 Å². The number of hydrogen-bond donors (Lipinski definition) is 3. The zero-order valence-electron chi connectivity index (χ0n) is 8.81. The maximum atomic E-state index is 5.39. The molecular weight excluding hydrogens is 334 g/mol. The van der Waals surface area contributed by atoms with Crippen LogP contribution in [0.4, 0.5) is 0 Å². The Kier molecular flexibility index (Phi) is 7.06. The van der Waals surface area contributed by atoms with E-state index in [-0.39, 0.29) is 0 Å². The molecule has 0 saturated heterocycles. The minimum absolute atomic E-state index is 0.380. The molecule has 0 bridgehead atoms. The zero-order valence-corrected chi connectivity index (χ0v) is 11.7. The van der Waals surface area contributed by atoms with Crippen molar-refractivity contribution in [2.24, 2.45) is 11.1 Å². The van der Waals surface area contributed by atoms with E-state index in [0.717, 1.165) is 13.1 Å². The molecule has 0 aromatic rings. The molecule has 0 amide bonds. The van der Waals surface area contributed by atoms with Gasteiger partial charge in [-0.15, -0.1) is 0 Å². The summed E-state index contributed by atoms with van der Waals surface area (Å²) in [5, 5.41) is 6.64. The molecule has 78 valence electrons. The Morgan fingerprint density at radius 3 is 2.46 bits per heavy atom. The van der Waals surface area contributed by atoms with Crippen LogP contribution in [-0.2, 0) is 19.4 Å². The van der Waals surface area contributed by atoms with Crippen molar-refractivity contribution in [3.63, 3.8) is 0 Å². The van der Waals surface area contributed by atoms with Crippen LogP contribution >= 0.6 is 0 Å². The Hall–Kier alpha value is 0.438. The predicted molar refractivity (Wildman–Crippen MR) is 54.1 cm³/mol. The summed E-state index contributed by atoms with van der Waals surface area (Å²) in [6.45, 7) is 9.34. The van der Waals surface area contributed by atoms with E-state index in [9.17, 15) is 0 Å². The van der Waals surface area contributed by atoms with Gasteiger partial charge in [-0.05, 0) is 0 Å².